The largest absolute Gasteiger partial charge is 0.480 e. The van der Waals surface area contributed by atoms with E-state index in [-0.39, 0.29) is 13.0 Å². The van der Waals surface area contributed by atoms with Gasteiger partial charge in [0, 0.05) is 6.54 Å². The number of carboxylic acid groups (broad SMARTS) is 1. The predicted molar refractivity (Wildman–Crippen MR) is 117 cm³/mol. The monoisotopic (exact) mass is 501 g/mol. The van der Waals surface area contributed by atoms with Crippen molar-refractivity contribution in [3.63, 3.8) is 0 Å². The lowest BCUT2D eigenvalue weighted by atomic mass is 10.1. The quantitative estimate of drug-likeness (QED) is 0.119. The Labute approximate surface area is 200 Å². The number of aliphatic hydroxyl groups excluding tert-OH is 1. The third-order valence-electron chi connectivity index (χ3n) is 5.01. The summed E-state index contributed by atoms with van der Waals surface area (Å²) in [5.41, 5.74) is 10.7. The maximum Gasteiger partial charge on any atom is 0.325 e. The second-order valence-corrected chi connectivity index (χ2v) is 7.83. The van der Waals surface area contributed by atoms with Crippen molar-refractivity contribution in [3.05, 3.63) is 0 Å². The Kier molecular flexibility index (Phi) is 11.5. The maximum atomic E-state index is 12.5. The third-order valence-corrected chi connectivity index (χ3v) is 5.01. The molecule has 0 unspecified atom stereocenters. The highest BCUT2D eigenvalue weighted by Crippen LogP contribution is 2.18. The van der Waals surface area contributed by atoms with E-state index >= 15 is 0 Å². The molecule has 16 heteroatoms. The first-order valence-electron chi connectivity index (χ1n) is 10.7. The molecule has 0 radical (unpaired) electrons. The zero-order valence-electron chi connectivity index (χ0n) is 19.1. The van der Waals surface area contributed by atoms with Crippen molar-refractivity contribution in [2.45, 2.75) is 50.4 Å². The van der Waals surface area contributed by atoms with E-state index in [1.165, 1.54) is 11.8 Å². The molecule has 0 saturated carbocycles. The molecular weight excluding hydrogens is 470 g/mol. The van der Waals surface area contributed by atoms with Gasteiger partial charge in [0.15, 0.2) is 0 Å². The van der Waals surface area contributed by atoms with Gasteiger partial charge in [-0.05, 0) is 19.8 Å². The van der Waals surface area contributed by atoms with E-state index in [1.807, 2.05) is 0 Å². The van der Waals surface area contributed by atoms with Crippen LogP contribution in [0.1, 0.15) is 26.2 Å². The van der Waals surface area contributed by atoms with E-state index in [2.05, 4.69) is 21.3 Å². The number of likely N-dealkylation sites (tertiary alicyclic amines) is 1. The highest BCUT2D eigenvalue weighted by Gasteiger charge is 2.36. The van der Waals surface area contributed by atoms with Crippen molar-refractivity contribution in [1.29, 1.82) is 0 Å². The van der Waals surface area contributed by atoms with Crippen LogP contribution in [0.5, 0.6) is 0 Å². The first-order valence-corrected chi connectivity index (χ1v) is 10.7. The van der Waals surface area contributed by atoms with E-state index < -0.39 is 85.3 Å². The van der Waals surface area contributed by atoms with Gasteiger partial charge in [-0.25, -0.2) is 0 Å². The van der Waals surface area contributed by atoms with Gasteiger partial charge in [-0.15, -0.1) is 0 Å². The van der Waals surface area contributed by atoms with Gasteiger partial charge in [-0.1, -0.05) is 0 Å². The first-order chi connectivity index (χ1) is 16.4. The van der Waals surface area contributed by atoms with Crippen molar-refractivity contribution in [2.24, 2.45) is 11.5 Å². The fourth-order valence-electron chi connectivity index (χ4n) is 3.19. The molecule has 10 N–H and O–H groups in total. The molecule has 1 aliphatic heterocycles. The second-order valence-electron chi connectivity index (χ2n) is 7.83. The summed E-state index contributed by atoms with van der Waals surface area (Å²) in [6.07, 6.45) is 0.439. The zero-order valence-corrected chi connectivity index (χ0v) is 19.1. The molecule has 0 spiro atoms. The lowest BCUT2D eigenvalue weighted by molar-refractivity contribution is -0.141. The standard InChI is InChI=1S/C19H31N7O9/c1-9(19(34)35)24-14(29)6-22-16(31)11(8-27)25-15(30)7-23-17(32)12-3-2-4-26(12)18(33)10(20)5-13(21)28/h9-12,27H,2-8,20H2,1H3,(H2,21,28)(H,22,31)(H,23,32)(H,24,29)(H,25,30)(H,34,35)/t9-,10-,11-,12-/m0/s1. The van der Waals surface area contributed by atoms with E-state index in [4.69, 9.17) is 16.6 Å². The van der Waals surface area contributed by atoms with E-state index in [0.717, 1.165) is 0 Å². The smallest absolute Gasteiger partial charge is 0.325 e. The highest BCUT2D eigenvalue weighted by atomic mass is 16.4. The molecular formula is C19H31N7O9. The number of hydrogen-bond acceptors (Lipinski definition) is 9. The summed E-state index contributed by atoms with van der Waals surface area (Å²) < 4.78 is 0. The Morgan fingerprint density at radius 2 is 1.63 bits per heavy atom. The maximum absolute atomic E-state index is 12.5. The molecule has 0 aromatic rings. The lowest BCUT2D eigenvalue weighted by Gasteiger charge is -2.26. The first kappa shape index (κ1) is 29.2. The summed E-state index contributed by atoms with van der Waals surface area (Å²) in [5.74, 6) is -5.85. The van der Waals surface area contributed by atoms with Crippen molar-refractivity contribution in [3.8, 4) is 0 Å². The average molecular weight is 501 g/mol. The number of aliphatic hydroxyl groups is 1. The molecule has 1 saturated heterocycles. The molecule has 1 aliphatic rings. The Morgan fingerprint density at radius 1 is 1.03 bits per heavy atom. The van der Waals surface area contributed by atoms with Crippen molar-refractivity contribution in [1.82, 2.24) is 26.2 Å². The summed E-state index contributed by atoms with van der Waals surface area (Å²) in [6.45, 7) is -0.528. The van der Waals surface area contributed by atoms with Crippen molar-refractivity contribution >= 4 is 41.4 Å². The summed E-state index contributed by atoms with van der Waals surface area (Å²) in [6, 6.07) is -4.72. The predicted octanol–water partition coefficient (Wildman–Crippen LogP) is -5.52. The van der Waals surface area contributed by atoms with Crippen LogP contribution in [0.15, 0.2) is 0 Å². The Morgan fingerprint density at radius 3 is 2.20 bits per heavy atom. The van der Waals surface area contributed by atoms with Crippen molar-refractivity contribution in [2.75, 3.05) is 26.2 Å². The van der Waals surface area contributed by atoms with Crippen LogP contribution in [-0.2, 0) is 33.6 Å². The number of nitrogens with zero attached hydrogens (tertiary/aromatic N) is 1. The summed E-state index contributed by atoms with van der Waals surface area (Å²) in [5, 5.41) is 26.8. The number of carbonyl (C=O) groups is 7. The second kappa shape index (κ2) is 13.8. The molecule has 196 valence electrons. The third kappa shape index (κ3) is 9.54. The number of hydrogen-bond donors (Lipinski definition) is 8. The Balaban J connectivity index is 2.53. The van der Waals surface area contributed by atoms with Gasteiger partial charge in [-0.2, -0.15) is 0 Å². The van der Waals surface area contributed by atoms with Crippen LogP contribution in [-0.4, -0.2) is 107 Å². The minimum Gasteiger partial charge on any atom is -0.480 e. The number of carboxylic acids is 1. The molecule has 35 heavy (non-hydrogen) atoms. The van der Waals surface area contributed by atoms with Crippen LogP contribution in [0.4, 0.5) is 0 Å². The van der Waals surface area contributed by atoms with Crippen LogP contribution in [0.25, 0.3) is 0 Å². The highest BCUT2D eigenvalue weighted by molar-refractivity contribution is 5.95. The topological polar surface area (TPSA) is 263 Å². The Bertz CT molecular complexity index is 851. The summed E-state index contributed by atoms with van der Waals surface area (Å²) in [4.78, 5) is 83.6. The van der Waals surface area contributed by atoms with Crippen LogP contribution >= 0.6 is 0 Å². The summed E-state index contributed by atoms with van der Waals surface area (Å²) in [7, 11) is 0. The molecule has 0 bridgehead atoms. The van der Waals surface area contributed by atoms with E-state index in [0.29, 0.717) is 12.8 Å². The number of primary amides is 1. The van der Waals surface area contributed by atoms with Crippen LogP contribution in [0.2, 0.25) is 0 Å². The number of amides is 6. The molecule has 0 aliphatic carbocycles. The van der Waals surface area contributed by atoms with Gasteiger partial charge < -0.3 is 47.8 Å². The van der Waals surface area contributed by atoms with Crippen LogP contribution < -0.4 is 32.7 Å². The van der Waals surface area contributed by atoms with Gasteiger partial charge in [-0.3, -0.25) is 33.6 Å². The molecule has 4 atom stereocenters. The number of nitrogens with two attached hydrogens (primary N) is 2. The molecule has 1 heterocycles. The molecule has 0 aromatic heterocycles. The van der Waals surface area contributed by atoms with E-state index in [1.54, 1.807) is 0 Å². The van der Waals surface area contributed by atoms with Gasteiger partial charge in [0.25, 0.3) is 0 Å². The SMILES string of the molecule is C[C@H](NC(=O)CNC(=O)[C@H](CO)NC(=O)CNC(=O)[C@@H]1CCCN1C(=O)[C@@H](N)CC(N)=O)C(=O)O. The van der Waals surface area contributed by atoms with Gasteiger partial charge >= 0.3 is 5.97 Å². The number of aliphatic carboxylic acids is 1. The zero-order chi connectivity index (χ0) is 26.7. The molecule has 1 fully saturated rings. The van der Waals surface area contributed by atoms with Crippen LogP contribution in [0, 0.1) is 0 Å². The molecule has 0 aromatic carbocycles. The van der Waals surface area contributed by atoms with Crippen LogP contribution in [0.3, 0.4) is 0 Å². The summed E-state index contributed by atoms with van der Waals surface area (Å²) >= 11 is 0. The number of carbonyl (C=O) groups excluding carboxylic acids is 6. The minimum atomic E-state index is -1.44. The van der Waals surface area contributed by atoms with E-state index in [9.17, 15) is 38.7 Å². The van der Waals surface area contributed by atoms with Crippen molar-refractivity contribution < 1.29 is 43.8 Å². The number of nitrogens with one attached hydrogen (secondary N) is 4. The lowest BCUT2D eigenvalue weighted by Crippen LogP contribution is -2.55. The fraction of sp³-hybridized carbons (Fsp3) is 0.632. The van der Waals surface area contributed by atoms with Gasteiger partial charge in [0.1, 0.15) is 18.1 Å². The molecule has 6 amide bonds. The Hall–Kier alpha value is -3.79. The van der Waals surface area contributed by atoms with Gasteiger partial charge in [0.2, 0.25) is 35.4 Å². The molecule has 1 rings (SSSR count). The normalized spacial score (nSPS) is 17.5. The minimum absolute atomic E-state index is 0.237. The fourth-order valence-corrected chi connectivity index (χ4v) is 3.19. The molecule has 16 nitrogen and oxygen atoms in total. The van der Waals surface area contributed by atoms with Gasteiger partial charge in [0.05, 0.1) is 32.2 Å². The average Bonchev–Trinajstić information content (AvgIpc) is 3.28. The number of rotatable bonds is 13.